The summed E-state index contributed by atoms with van der Waals surface area (Å²) in [7, 11) is 0. The van der Waals surface area contributed by atoms with E-state index in [1.165, 1.54) is 12.3 Å². The molecule has 0 unspecified atom stereocenters. The van der Waals surface area contributed by atoms with Gasteiger partial charge in [0.15, 0.2) is 0 Å². The van der Waals surface area contributed by atoms with E-state index in [4.69, 9.17) is 11.6 Å². The molecule has 0 saturated heterocycles. The van der Waals surface area contributed by atoms with Crippen LogP contribution >= 0.6 is 11.6 Å². The molecule has 0 bridgehead atoms. The van der Waals surface area contributed by atoms with Crippen LogP contribution in [0.5, 0.6) is 0 Å². The van der Waals surface area contributed by atoms with Crippen molar-refractivity contribution < 1.29 is 9.72 Å². The summed E-state index contributed by atoms with van der Waals surface area (Å²) in [6.07, 6.45) is 5.87. The zero-order valence-corrected chi connectivity index (χ0v) is 12.3. The summed E-state index contributed by atoms with van der Waals surface area (Å²) < 4.78 is 0. The van der Waals surface area contributed by atoms with Crippen LogP contribution in [-0.4, -0.2) is 33.8 Å². The molecule has 0 atom stereocenters. The summed E-state index contributed by atoms with van der Waals surface area (Å²) in [6.45, 7) is 1.37. The Morgan fingerprint density at radius 1 is 1.33 bits per heavy atom. The third kappa shape index (κ3) is 3.32. The molecule has 0 radical (unpaired) electrons. The lowest BCUT2D eigenvalue weighted by Gasteiger charge is -2.22. The maximum Gasteiger partial charge on any atom is 0.319 e. The molecule has 0 aromatic carbocycles. The number of carbonyl (C=O) groups is 1. The Hall–Kier alpha value is -1.69. The summed E-state index contributed by atoms with van der Waals surface area (Å²) in [5, 5.41) is 10.9. The zero-order valence-electron chi connectivity index (χ0n) is 11.5. The predicted molar refractivity (Wildman–Crippen MR) is 77.3 cm³/mol. The van der Waals surface area contributed by atoms with Gasteiger partial charge in [-0.3, -0.25) is 14.9 Å². The number of nitro groups is 1. The molecule has 2 fully saturated rings. The number of nitrogens with zero attached hydrogens (tertiary/aromatic N) is 3. The Morgan fingerprint density at radius 3 is 2.38 bits per heavy atom. The van der Waals surface area contributed by atoms with Crippen LogP contribution in [0, 0.1) is 22.0 Å². The Kier molecular flexibility index (Phi) is 3.80. The van der Waals surface area contributed by atoms with Gasteiger partial charge in [-0.15, -0.1) is 0 Å². The van der Waals surface area contributed by atoms with Gasteiger partial charge in [0.05, 0.1) is 4.92 Å². The molecule has 0 aliphatic heterocycles. The van der Waals surface area contributed by atoms with E-state index >= 15 is 0 Å². The fourth-order valence-corrected chi connectivity index (χ4v) is 2.64. The van der Waals surface area contributed by atoms with Crippen LogP contribution in [0.25, 0.3) is 0 Å². The Labute approximate surface area is 127 Å². The minimum Gasteiger partial charge on any atom is -0.338 e. The van der Waals surface area contributed by atoms with Gasteiger partial charge in [-0.1, -0.05) is 11.6 Å². The smallest absolute Gasteiger partial charge is 0.319 e. The quantitative estimate of drug-likeness (QED) is 0.460. The molecule has 0 N–H and O–H groups in total. The number of aromatic nitrogens is 1. The Balaban J connectivity index is 1.87. The van der Waals surface area contributed by atoms with E-state index in [-0.39, 0.29) is 22.3 Å². The molecule has 0 spiro atoms. The van der Waals surface area contributed by atoms with Gasteiger partial charge >= 0.3 is 5.69 Å². The predicted octanol–water partition coefficient (Wildman–Crippen LogP) is 2.91. The molecule has 1 aromatic rings. The number of carbonyl (C=O) groups excluding carboxylic acids is 1. The van der Waals surface area contributed by atoms with Gasteiger partial charge in [0, 0.05) is 19.3 Å². The van der Waals surface area contributed by atoms with E-state index < -0.39 is 4.92 Å². The summed E-state index contributed by atoms with van der Waals surface area (Å²) in [5.41, 5.74) is -0.345. The lowest BCUT2D eigenvalue weighted by Crippen LogP contribution is -2.35. The highest BCUT2D eigenvalue weighted by molar-refractivity contribution is 6.32. The van der Waals surface area contributed by atoms with Crippen LogP contribution in [0.2, 0.25) is 5.15 Å². The molecular weight excluding hydrogens is 294 g/mol. The number of amides is 1. The molecule has 2 aliphatic carbocycles. The van der Waals surface area contributed by atoms with Crippen LogP contribution in [-0.2, 0) is 0 Å². The van der Waals surface area contributed by atoms with Gasteiger partial charge in [0.1, 0.15) is 5.56 Å². The maximum absolute atomic E-state index is 12.7. The monoisotopic (exact) mass is 309 g/mol. The molecule has 2 aliphatic rings. The fraction of sp³-hybridized carbons (Fsp3) is 0.571. The molecule has 2 saturated carbocycles. The van der Waals surface area contributed by atoms with Crippen molar-refractivity contribution in [1.82, 2.24) is 9.88 Å². The highest BCUT2D eigenvalue weighted by Gasteiger charge is 2.34. The first kappa shape index (κ1) is 14.3. The first-order valence-corrected chi connectivity index (χ1v) is 7.52. The van der Waals surface area contributed by atoms with E-state index in [1.54, 1.807) is 4.90 Å². The largest absolute Gasteiger partial charge is 0.338 e. The zero-order chi connectivity index (χ0) is 15.0. The standard InChI is InChI=1S/C14H16ClN3O3/c15-13-12(18(20)21)11(5-6-16-13)14(19)17(7-9-1-2-9)8-10-3-4-10/h5-6,9-10H,1-4,7-8H2. The minimum absolute atomic E-state index is 0.0429. The minimum atomic E-state index is -0.630. The average molecular weight is 310 g/mol. The highest BCUT2D eigenvalue weighted by Crippen LogP contribution is 2.35. The Morgan fingerprint density at radius 2 is 1.90 bits per heavy atom. The lowest BCUT2D eigenvalue weighted by atomic mass is 10.2. The molecule has 112 valence electrons. The number of rotatable bonds is 6. The molecular formula is C14H16ClN3O3. The van der Waals surface area contributed by atoms with Gasteiger partial charge < -0.3 is 4.90 Å². The second-order valence-corrected chi connectivity index (χ2v) is 6.21. The molecule has 6 nitrogen and oxygen atoms in total. The number of halogens is 1. The Bertz CT molecular complexity index is 571. The maximum atomic E-state index is 12.7. The summed E-state index contributed by atoms with van der Waals surface area (Å²) in [5.74, 6) is 0.790. The molecule has 3 rings (SSSR count). The van der Waals surface area contributed by atoms with E-state index in [1.807, 2.05) is 0 Å². The van der Waals surface area contributed by atoms with Crippen LogP contribution < -0.4 is 0 Å². The average Bonchev–Trinajstić information content (AvgIpc) is 3.31. The van der Waals surface area contributed by atoms with Gasteiger partial charge in [-0.05, 0) is 43.6 Å². The lowest BCUT2D eigenvalue weighted by molar-refractivity contribution is -0.385. The third-order valence-electron chi connectivity index (χ3n) is 3.93. The van der Waals surface area contributed by atoms with Crippen LogP contribution in [0.4, 0.5) is 5.69 Å². The summed E-state index contributed by atoms with van der Waals surface area (Å²) in [4.78, 5) is 28.7. The molecule has 21 heavy (non-hydrogen) atoms. The molecule has 1 heterocycles. The SMILES string of the molecule is O=C(c1ccnc(Cl)c1[N+](=O)[O-])N(CC1CC1)CC1CC1. The van der Waals surface area contributed by atoms with E-state index in [2.05, 4.69) is 4.98 Å². The van der Waals surface area contributed by atoms with E-state index in [9.17, 15) is 14.9 Å². The number of hydrogen-bond acceptors (Lipinski definition) is 4. The number of hydrogen-bond donors (Lipinski definition) is 0. The van der Waals surface area contributed by atoms with Crippen molar-refractivity contribution in [2.24, 2.45) is 11.8 Å². The van der Waals surface area contributed by atoms with Crippen LogP contribution in [0.1, 0.15) is 36.0 Å². The fourth-order valence-electron chi connectivity index (χ4n) is 2.41. The summed E-state index contributed by atoms with van der Waals surface area (Å²) in [6, 6.07) is 1.39. The van der Waals surface area contributed by atoms with E-state index in [0.717, 1.165) is 25.7 Å². The molecule has 7 heteroatoms. The van der Waals surface area contributed by atoms with Gasteiger partial charge in [0.25, 0.3) is 5.91 Å². The van der Waals surface area contributed by atoms with Gasteiger partial charge in [-0.25, -0.2) is 4.98 Å². The van der Waals surface area contributed by atoms with Crippen LogP contribution in [0.3, 0.4) is 0 Å². The molecule has 1 amide bonds. The van der Waals surface area contributed by atoms with Crippen molar-refractivity contribution in [3.8, 4) is 0 Å². The third-order valence-corrected chi connectivity index (χ3v) is 4.21. The second kappa shape index (κ2) is 5.60. The van der Waals surface area contributed by atoms with Crippen molar-refractivity contribution in [2.45, 2.75) is 25.7 Å². The van der Waals surface area contributed by atoms with Crippen LogP contribution in [0.15, 0.2) is 12.3 Å². The second-order valence-electron chi connectivity index (χ2n) is 5.85. The topological polar surface area (TPSA) is 76.3 Å². The van der Waals surface area contributed by atoms with E-state index in [0.29, 0.717) is 24.9 Å². The first-order valence-electron chi connectivity index (χ1n) is 7.14. The summed E-state index contributed by atoms with van der Waals surface area (Å²) >= 11 is 5.79. The molecule has 1 aromatic heterocycles. The van der Waals surface area contributed by atoms with Crippen molar-refractivity contribution in [1.29, 1.82) is 0 Å². The van der Waals surface area contributed by atoms with Crippen molar-refractivity contribution in [2.75, 3.05) is 13.1 Å². The van der Waals surface area contributed by atoms with Crippen molar-refractivity contribution in [3.63, 3.8) is 0 Å². The van der Waals surface area contributed by atoms with Gasteiger partial charge in [0.2, 0.25) is 5.15 Å². The number of pyridine rings is 1. The highest BCUT2D eigenvalue weighted by atomic mass is 35.5. The van der Waals surface area contributed by atoms with Crippen molar-refractivity contribution >= 4 is 23.2 Å². The van der Waals surface area contributed by atoms with Crippen molar-refractivity contribution in [3.05, 3.63) is 33.1 Å². The normalized spacial score (nSPS) is 17.6. The first-order chi connectivity index (χ1) is 10.1. The van der Waals surface area contributed by atoms with Gasteiger partial charge in [-0.2, -0.15) is 0 Å².